The van der Waals surface area contributed by atoms with Crippen LogP contribution in [-0.4, -0.2) is 11.8 Å². The number of para-hydroxylation sites is 1. The van der Waals surface area contributed by atoms with Gasteiger partial charge in [0.2, 0.25) is 11.8 Å². The zero-order chi connectivity index (χ0) is 20.4. The maximum atomic E-state index is 13.3. The summed E-state index contributed by atoms with van der Waals surface area (Å²) in [5.74, 6) is -0.459. The summed E-state index contributed by atoms with van der Waals surface area (Å²) in [6, 6.07) is 18.7. The molecule has 1 fully saturated rings. The predicted molar refractivity (Wildman–Crippen MR) is 119 cm³/mol. The first kappa shape index (κ1) is 19.7. The van der Waals surface area contributed by atoms with Gasteiger partial charge < -0.3 is 10.2 Å². The van der Waals surface area contributed by atoms with E-state index < -0.39 is 0 Å². The van der Waals surface area contributed by atoms with Crippen molar-refractivity contribution in [3.8, 4) is 0 Å². The van der Waals surface area contributed by atoms with Crippen molar-refractivity contribution in [2.75, 3.05) is 10.2 Å². The highest BCUT2D eigenvalue weighted by Gasteiger charge is 2.42. The van der Waals surface area contributed by atoms with Crippen LogP contribution in [0.15, 0.2) is 66.0 Å². The van der Waals surface area contributed by atoms with Gasteiger partial charge in [0.25, 0.3) is 0 Å². The number of amides is 2. The number of piperidine rings is 1. The molecule has 2 heterocycles. The normalized spacial score (nSPS) is 19.2. The molecule has 0 spiro atoms. The Morgan fingerprint density at radius 3 is 2.55 bits per heavy atom. The summed E-state index contributed by atoms with van der Waals surface area (Å²) in [5.41, 5.74) is 2.52. The molecular weight excluding hydrogens is 404 g/mol. The first-order valence-corrected chi connectivity index (χ1v) is 10.8. The van der Waals surface area contributed by atoms with E-state index in [-0.39, 0.29) is 23.8 Å². The number of hydrogen-bond acceptors (Lipinski definition) is 3. The maximum Gasteiger partial charge on any atom is 0.230 e. The van der Waals surface area contributed by atoms with Crippen LogP contribution >= 0.6 is 22.9 Å². The van der Waals surface area contributed by atoms with Gasteiger partial charge in [0, 0.05) is 17.0 Å². The topological polar surface area (TPSA) is 49.4 Å². The van der Waals surface area contributed by atoms with Gasteiger partial charge in [0.1, 0.15) is 0 Å². The monoisotopic (exact) mass is 424 g/mol. The lowest BCUT2D eigenvalue weighted by atomic mass is 9.86. The quantitative estimate of drug-likeness (QED) is 0.572. The number of benzene rings is 2. The zero-order valence-electron chi connectivity index (χ0n) is 16.0. The minimum atomic E-state index is -0.371. The Hall–Kier alpha value is -2.63. The maximum absolute atomic E-state index is 13.3. The molecule has 4 nitrogen and oxygen atoms in total. The van der Waals surface area contributed by atoms with E-state index >= 15 is 0 Å². The highest BCUT2D eigenvalue weighted by Crippen LogP contribution is 2.42. The highest BCUT2D eigenvalue weighted by atomic mass is 35.5. The largest absolute Gasteiger partial charge is 0.324 e. The second-order valence-electron chi connectivity index (χ2n) is 7.17. The minimum Gasteiger partial charge on any atom is -0.324 e. The Bertz CT molecular complexity index is 1020. The summed E-state index contributed by atoms with van der Waals surface area (Å²) in [4.78, 5) is 29.0. The molecule has 0 saturated carbocycles. The number of rotatable bonds is 4. The number of halogens is 1. The molecule has 2 atom stereocenters. The molecule has 1 aromatic heterocycles. The molecule has 1 N–H and O–H groups in total. The van der Waals surface area contributed by atoms with Gasteiger partial charge in [0.15, 0.2) is 0 Å². The summed E-state index contributed by atoms with van der Waals surface area (Å²) in [5, 5.41) is 5.44. The molecule has 3 aromatic rings. The van der Waals surface area contributed by atoms with E-state index in [9.17, 15) is 9.59 Å². The summed E-state index contributed by atoms with van der Waals surface area (Å²) in [6.07, 6.45) is 0.830. The first-order valence-electron chi connectivity index (χ1n) is 9.52. The molecule has 4 rings (SSSR count). The molecule has 6 heteroatoms. The highest BCUT2D eigenvalue weighted by molar-refractivity contribution is 7.10. The van der Waals surface area contributed by atoms with Crippen LogP contribution in [0.25, 0.3) is 0 Å². The van der Waals surface area contributed by atoms with E-state index in [2.05, 4.69) is 5.32 Å². The lowest BCUT2D eigenvalue weighted by Gasteiger charge is -2.40. The number of aryl methyl sites for hydroxylation is 1. The third-order valence-corrected chi connectivity index (χ3v) is 6.49. The molecular formula is C23H21ClN2O2S. The van der Waals surface area contributed by atoms with Gasteiger partial charge in [-0.15, -0.1) is 11.3 Å². The van der Waals surface area contributed by atoms with Crippen molar-refractivity contribution in [2.45, 2.75) is 25.8 Å². The fourth-order valence-electron chi connectivity index (χ4n) is 3.75. The van der Waals surface area contributed by atoms with Crippen molar-refractivity contribution in [1.82, 2.24) is 0 Å². The Balaban J connectivity index is 1.71. The van der Waals surface area contributed by atoms with Crippen LogP contribution in [0.4, 0.5) is 11.4 Å². The summed E-state index contributed by atoms with van der Waals surface area (Å²) >= 11 is 7.79. The molecule has 148 valence electrons. The molecule has 1 aliphatic heterocycles. The zero-order valence-corrected chi connectivity index (χ0v) is 17.5. The number of hydrogen-bond donors (Lipinski definition) is 1. The van der Waals surface area contributed by atoms with Gasteiger partial charge in [0.05, 0.1) is 22.7 Å². The summed E-state index contributed by atoms with van der Waals surface area (Å²) in [6.45, 7) is 2.01. The Morgan fingerprint density at radius 2 is 1.86 bits per heavy atom. The second kappa shape index (κ2) is 8.39. The Morgan fingerprint density at radius 1 is 1.10 bits per heavy atom. The Kier molecular flexibility index (Phi) is 5.69. The number of carbonyl (C=O) groups excluding carboxylic acids is 2. The van der Waals surface area contributed by atoms with Crippen molar-refractivity contribution in [3.05, 3.63) is 81.5 Å². The lowest BCUT2D eigenvalue weighted by Crippen LogP contribution is -2.46. The van der Waals surface area contributed by atoms with Gasteiger partial charge in [-0.3, -0.25) is 9.59 Å². The van der Waals surface area contributed by atoms with Crippen LogP contribution < -0.4 is 10.2 Å². The van der Waals surface area contributed by atoms with Crippen LogP contribution in [0.1, 0.15) is 29.3 Å². The number of nitrogens with one attached hydrogen (secondary N) is 1. The summed E-state index contributed by atoms with van der Waals surface area (Å²) in [7, 11) is 0. The molecule has 0 bridgehead atoms. The number of thiophene rings is 1. The van der Waals surface area contributed by atoms with Crippen LogP contribution in [-0.2, 0) is 9.59 Å². The molecule has 1 aliphatic rings. The summed E-state index contributed by atoms with van der Waals surface area (Å²) < 4.78 is 0. The van der Waals surface area contributed by atoms with Crippen molar-refractivity contribution in [1.29, 1.82) is 0 Å². The molecule has 2 unspecified atom stereocenters. The predicted octanol–water partition coefficient (Wildman–Crippen LogP) is 5.83. The molecule has 2 aromatic carbocycles. The van der Waals surface area contributed by atoms with Crippen LogP contribution in [0.5, 0.6) is 0 Å². The first-order chi connectivity index (χ1) is 14.0. The van der Waals surface area contributed by atoms with E-state index in [1.54, 1.807) is 28.4 Å². The minimum absolute atomic E-state index is 0.0362. The lowest BCUT2D eigenvalue weighted by molar-refractivity contribution is -0.125. The van der Waals surface area contributed by atoms with Crippen LogP contribution in [0.3, 0.4) is 0 Å². The van der Waals surface area contributed by atoms with E-state index in [1.165, 1.54) is 0 Å². The molecule has 29 heavy (non-hydrogen) atoms. The van der Waals surface area contributed by atoms with E-state index in [1.807, 2.05) is 60.8 Å². The fraction of sp³-hybridized carbons (Fsp3) is 0.217. The average Bonchev–Trinajstić information content (AvgIpc) is 3.25. The van der Waals surface area contributed by atoms with Crippen molar-refractivity contribution >= 4 is 46.1 Å². The van der Waals surface area contributed by atoms with Crippen LogP contribution in [0, 0.1) is 12.8 Å². The SMILES string of the molecule is Cc1ccc(N2C(=O)CCC(C(=O)Nc3ccccc3Cl)C2c2cccs2)cc1. The molecule has 0 radical (unpaired) electrons. The molecule has 2 amide bonds. The number of carbonyl (C=O) groups is 2. The van der Waals surface area contributed by atoms with E-state index in [0.29, 0.717) is 23.6 Å². The van der Waals surface area contributed by atoms with Gasteiger partial charge >= 0.3 is 0 Å². The smallest absolute Gasteiger partial charge is 0.230 e. The third-order valence-electron chi connectivity index (χ3n) is 5.21. The van der Waals surface area contributed by atoms with Crippen molar-refractivity contribution in [2.24, 2.45) is 5.92 Å². The van der Waals surface area contributed by atoms with E-state index in [0.717, 1.165) is 16.1 Å². The van der Waals surface area contributed by atoms with E-state index in [4.69, 9.17) is 11.6 Å². The van der Waals surface area contributed by atoms with Gasteiger partial charge in [-0.2, -0.15) is 0 Å². The van der Waals surface area contributed by atoms with Gasteiger partial charge in [-0.1, -0.05) is 47.5 Å². The molecule has 0 aliphatic carbocycles. The number of anilines is 2. The number of nitrogens with zero attached hydrogens (tertiary/aromatic N) is 1. The van der Waals surface area contributed by atoms with Gasteiger partial charge in [-0.25, -0.2) is 0 Å². The standard InChI is InChI=1S/C23H21ClN2O2S/c1-15-8-10-16(11-9-15)26-21(27)13-12-17(22(26)20-7-4-14-29-20)23(28)25-19-6-3-2-5-18(19)24/h2-11,14,17,22H,12-13H2,1H3,(H,25,28). The van der Waals surface area contributed by atoms with Gasteiger partial charge in [-0.05, 0) is 49.1 Å². The van der Waals surface area contributed by atoms with Crippen molar-refractivity contribution in [3.63, 3.8) is 0 Å². The van der Waals surface area contributed by atoms with Crippen molar-refractivity contribution < 1.29 is 9.59 Å². The third kappa shape index (κ3) is 4.07. The fourth-order valence-corrected chi connectivity index (χ4v) is 4.81. The molecule has 1 saturated heterocycles. The average molecular weight is 425 g/mol. The van der Waals surface area contributed by atoms with Crippen LogP contribution in [0.2, 0.25) is 5.02 Å². The Labute approximate surface area is 179 Å². The second-order valence-corrected chi connectivity index (χ2v) is 8.56.